The number of esters is 1. The number of sulfonamides is 1. The van der Waals surface area contributed by atoms with Gasteiger partial charge in [0.25, 0.3) is 0 Å². The van der Waals surface area contributed by atoms with Crippen LogP contribution in [0, 0.1) is 0 Å². The third-order valence-corrected chi connectivity index (χ3v) is 7.23. The van der Waals surface area contributed by atoms with Crippen LogP contribution in [-0.2, 0) is 26.0 Å². The van der Waals surface area contributed by atoms with Gasteiger partial charge in [-0.25, -0.2) is 13.2 Å². The van der Waals surface area contributed by atoms with Crippen LogP contribution in [0.25, 0.3) is 0 Å². The molecule has 1 atom stereocenters. The summed E-state index contributed by atoms with van der Waals surface area (Å²) in [6.07, 6.45) is -0.00433. The summed E-state index contributed by atoms with van der Waals surface area (Å²) in [6, 6.07) is 14.4. The molecule has 38 heavy (non-hydrogen) atoms. The first-order valence-corrected chi connectivity index (χ1v) is 13.0. The van der Waals surface area contributed by atoms with Gasteiger partial charge < -0.3 is 24.3 Å². The van der Waals surface area contributed by atoms with Crippen molar-refractivity contribution in [1.82, 2.24) is 4.72 Å². The van der Waals surface area contributed by atoms with E-state index >= 15 is 0 Å². The molecule has 0 heterocycles. The summed E-state index contributed by atoms with van der Waals surface area (Å²) in [7, 11) is 1.01. The number of hydrogen-bond donors (Lipinski definition) is 2. The maximum Gasteiger partial charge on any atom is 0.340 e. The summed E-state index contributed by atoms with van der Waals surface area (Å²) >= 11 is 6.04. The highest BCUT2D eigenvalue weighted by molar-refractivity contribution is 7.89. The lowest BCUT2D eigenvalue weighted by Gasteiger charge is -2.21. The fourth-order valence-corrected chi connectivity index (χ4v) is 5.26. The molecule has 1 unspecified atom stereocenters. The minimum absolute atomic E-state index is 0.00433. The monoisotopic (exact) mass is 562 g/mol. The predicted octanol–water partition coefficient (Wildman–Crippen LogP) is 3.68. The zero-order chi connectivity index (χ0) is 27.9. The van der Waals surface area contributed by atoms with Crippen molar-refractivity contribution in [3.63, 3.8) is 0 Å². The fraction of sp³-hybridized carbons (Fsp3) is 0.231. The number of halogens is 1. The van der Waals surface area contributed by atoms with Crippen molar-refractivity contribution in [3.05, 3.63) is 76.8 Å². The van der Waals surface area contributed by atoms with Crippen molar-refractivity contribution in [3.8, 4) is 17.2 Å². The molecule has 0 aliphatic heterocycles. The summed E-state index contributed by atoms with van der Waals surface area (Å²) in [4.78, 5) is 25.8. The zero-order valence-corrected chi connectivity index (χ0v) is 22.7. The van der Waals surface area contributed by atoms with E-state index in [2.05, 4.69) is 10.0 Å². The third kappa shape index (κ3) is 6.74. The maximum absolute atomic E-state index is 13.5. The van der Waals surface area contributed by atoms with Crippen LogP contribution in [0.2, 0.25) is 5.02 Å². The topological polar surface area (TPSA) is 129 Å². The molecule has 0 aromatic heterocycles. The quantitative estimate of drug-likeness (QED) is 0.339. The van der Waals surface area contributed by atoms with Crippen molar-refractivity contribution < 1.29 is 37.0 Å². The lowest BCUT2D eigenvalue weighted by Crippen LogP contribution is -2.45. The molecule has 202 valence electrons. The molecule has 0 aliphatic rings. The molecule has 0 radical (unpaired) electrons. The number of methoxy groups -OCH3 is 4. The number of benzene rings is 3. The Labute approximate surface area is 225 Å². The lowest BCUT2D eigenvalue weighted by molar-refractivity contribution is -0.117. The Balaban J connectivity index is 2.03. The van der Waals surface area contributed by atoms with E-state index in [-0.39, 0.29) is 44.8 Å². The van der Waals surface area contributed by atoms with Gasteiger partial charge in [-0.1, -0.05) is 41.9 Å². The van der Waals surface area contributed by atoms with Gasteiger partial charge in [0.15, 0.2) is 11.5 Å². The number of carbonyl (C=O) groups excluding carboxylic acids is 2. The van der Waals surface area contributed by atoms with Crippen LogP contribution in [0.4, 0.5) is 5.69 Å². The number of amides is 1. The summed E-state index contributed by atoms with van der Waals surface area (Å²) in [5.74, 6) is -0.964. The largest absolute Gasteiger partial charge is 0.495 e. The van der Waals surface area contributed by atoms with Crippen molar-refractivity contribution in [2.45, 2.75) is 17.4 Å². The standard InChI is InChI=1S/C26H27ClN2O8S/c1-34-21-11-10-17(27)13-24(21)38(32,33)29-20(12-16-8-6-5-7-9-16)25(30)28-19-15-23(36-3)22(35-2)14-18(19)26(31)37-4/h5-11,13-15,20,29H,12H2,1-4H3,(H,28,30). The van der Waals surface area contributed by atoms with E-state index in [1.54, 1.807) is 30.3 Å². The number of nitrogens with one attached hydrogen (secondary N) is 2. The Bertz CT molecular complexity index is 1410. The van der Waals surface area contributed by atoms with E-state index in [1.807, 2.05) is 0 Å². The second kappa shape index (κ2) is 12.6. The minimum Gasteiger partial charge on any atom is -0.495 e. The number of rotatable bonds is 11. The van der Waals surface area contributed by atoms with Gasteiger partial charge in [-0.3, -0.25) is 4.79 Å². The van der Waals surface area contributed by atoms with E-state index in [9.17, 15) is 18.0 Å². The lowest BCUT2D eigenvalue weighted by atomic mass is 10.1. The summed E-state index contributed by atoms with van der Waals surface area (Å²) in [6.45, 7) is 0. The van der Waals surface area contributed by atoms with Gasteiger partial charge in [-0.05, 0) is 30.2 Å². The van der Waals surface area contributed by atoms with E-state index < -0.39 is 27.9 Å². The molecule has 12 heteroatoms. The van der Waals surface area contributed by atoms with E-state index in [1.165, 1.54) is 58.8 Å². The van der Waals surface area contributed by atoms with Crippen molar-refractivity contribution in [2.75, 3.05) is 33.8 Å². The fourth-order valence-electron chi connectivity index (χ4n) is 3.63. The van der Waals surface area contributed by atoms with Crippen molar-refractivity contribution >= 4 is 39.2 Å². The maximum atomic E-state index is 13.5. The number of carbonyl (C=O) groups is 2. The number of ether oxygens (including phenoxy) is 4. The van der Waals surface area contributed by atoms with Crippen molar-refractivity contribution in [1.29, 1.82) is 0 Å². The van der Waals surface area contributed by atoms with Crippen LogP contribution in [-0.4, -0.2) is 54.8 Å². The number of hydrogen-bond acceptors (Lipinski definition) is 8. The molecule has 3 aromatic rings. The second-order valence-electron chi connectivity index (χ2n) is 7.89. The molecule has 10 nitrogen and oxygen atoms in total. The second-order valence-corrected chi connectivity index (χ2v) is 10.0. The van der Waals surface area contributed by atoms with Crippen molar-refractivity contribution in [2.24, 2.45) is 0 Å². The molecule has 0 bridgehead atoms. The van der Waals surface area contributed by atoms with Gasteiger partial charge in [0, 0.05) is 17.2 Å². The molecule has 0 saturated heterocycles. The average molecular weight is 563 g/mol. The number of anilines is 1. The molecule has 1 amide bonds. The van der Waals surface area contributed by atoms with E-state index in [4.69, 9.17) is 30.5 Å². The Hall–Kier alpha value is -3.80. The Morgan fingerprint density at radius 1 is 0.868 bits per heavy atom. The van der Waals surface area contributed by atoms with Crippen LogP contribution in [0.15, 0.2) is 65.6 Å². The van der Waals surface area contributed by atoms with Gasteiger partial charge in [0.1, 0.15) is 16.7 Å². The van der Waals surface area contributed by atoms with Crippen LogP contribution in [0.5, 0.6) is 17.2 Å². The highest BCUT2D eigenvalue weighted by atomic mass is 35.5. The molecular weight excluding hydrogens is 536 g/mol. The van der Waals surface area contributed by atoms with Gasteiger partial charge in [-0.15, -0.1) is 0 Å². The molecular formula is C26H27ClN2O8S. The first-order valence-electron chi connectivity index (χ1n) is 11.2. The smallest absolute Gasteiger partial charge is 0.340 e. The molecule has 3 aromatic carbocycles. The van der Waals surface area contributed by atoms with Crippen LogP contribution in [0.3, 0.4) is 0 Å². The van der Waals surface area contributed by atoms with E-state index in [0.29, 0.717) is 5.56 Å². The Morgan fingerprint density at radius 3 is 2.11 bits per heavy atom. The molecule has 3 rings (SSSR count). The summed E-state index contributed by atoms with van der Waals surface area (Å²) in [5.41, 5.74) is 0.710. The predicted molar refractivity (Wildman–Crippen MR) is 142 cm³/mol. The zero-order valence-electron chi connectivity index (χ0n) is 21.1. The summed E-state index contributed by atoms with van der Waals surface area (Å²) in [5, 5.41) is 2.80. The van der Waals surface area contributed by atoms with Gasteiger partial charge in [0.2, 0.25) is 15.9 Å². The van der Waals surface area contributed by atoms with Crippen LogP contribution < -0.4 is 24.2 Å². The average Bonchev–Trinajstić information content (AvgIpc) is 2.92. The first kappa shape index (κ1) is 28.8. The molecule has 2 N–H and O–H groups in total. The molecule has 0 spiro atoms. The summed E-state index contributed by atoms with van der Waals surface area (Å²) < 4.78 is 49.8. The highest BCUT2D eigenvalue weighted by Gasteiger charge is 2.30. The van der Waals surface area contributed by atoms with Crippen LogP contribution >= 0.6 is 11.6 Å². The van der Waals surface area contributed by atoms with E-state index in [0.717, 1.165) is 0 Å². The molecule has 0 saturated carbocycles. The SMILES string of the molecule is COC(=O)c1cc(OC)c(OC)cc1NC(=O)C(Cc1ccccc1)NS(=O)(=O)c1cc(Cl)ccc1OC. The highest BCUT2D eigenvalue weighted by Crippen LogP contribution is 2.34. The molecule has 0 fully saturated rings. The van der Waals surface area contributed by atoms with Gasteiger partial charge >= 0.3 is 5.97 Å². The molecule has 0 aliphatic carbocycles. The normalized spacial score (nSPS) is 11.8. The van der Waals surface area contributed by atoms with Gasteiger partial charge in [-0.2, -0.15) is 4.72 Å². The van der Waals surface area contributed by atoms with Gasteiger partial charge in [0.05, 0.1) is 39.7 Å². The minimum atomic E-state index is -4.29. The van der Waals surface area contributed by atoms with Crippen LogP contribution in [0.1, 0.15) is 15.9 Å². The Morgan fingerprint density at radius 2 is 1.50 bits per heavy atom. The Kier molecular flexibility index (Phi) is 9.56. The third-order valence-electron chi connectivity index (χ3n) is 5.50. The first-order chi connectivity index (χ1) is 18.1.